The van der Waals surface area contributed by atoms with Crippen molar-refractivity contribution in [2.75, 3.05) is 26.1 Å². The van der Waals surface area contributed by atoms with E-state index in [4.69, 9.17) is 0 Å². The number of hydrogen-bond donors (Lipinski definition) is 2. The maximum atomic E-state index is 12.1. The number of carbonyl (C=O) groups is 3. The Morgan fingerprint density at radius 2 is 1.71 bits per heavy atom. The van der Waals surface area contributed by atoms with Gasteiger partial charge < -0.3 is 20.1 Å². The minimum Gasteiger partial charge on any atom is -0.465 e. The molecule has 0 aromatic heterocycles. The van der Waals surface area contributed by atoms with E-state index in [0.29, 0.717) is 12.1 Å². The van der Waals surface area contributed by atoms with Gasteiger partial charge in [-0.3, -0.25) is 4.79 Å². The molecule has 2 rings (SSSR count). The van der Waals surface area contributed by atoms with Gasteiger partial charge in [0, 0.05) is 18.2 Å². The Morgan fingerprint density at radius 1 is 1.12 bits per heavy atom. The summed E-state index contributed by atoms with van der Waals surface area (Å²) < 4.78 is 9.32. The maximum absolute atomic E-state index is 12.1. The number of nitrogens with one attached hydrogen (secondary N) is 2. The quantitative estimate of drug-likeness (QED) is 0.781. The Balaban J connectivity index is 0.00000288. The molecule has 132 valence electrons. The predicted octanol–water partition coefficient (Wildman–Crippen LogP) is 1.76. The summed E-state index contributed by atoms with van der Waals surface area (Å²) in [7, 11) is 2.49. The lowest BCUT2D eigenvalue weighted by molar-refractivity contribution is -0.116. The van der Waals surface area contributed by atoms with Gasteiger partial charge in [-0.1, -0.05) is 0 Å². The highest BCUT2D eigenvalue weighted by Gasteiger charge is 2.19. The Hall–Kier alpha value is -2.12. The zero-order valence-electron chi connectivity index (χ0n) is 13.6. The molecule has 1 aliphatic rings. The van der Waals surface area contributed by atoms with E-state index in [-0.39, 0.29) is 35.5 Å². The second-order valence-corrected chi connectivity index (χ2v) is 5.33. The minimum atomic E-state index is -0.594. The van der Waals surface area contributed by atoms with Crippen LogP contribution in [-0.2, 0) is 14.3 Å². The molecule has 0 spiro atoms. The number of benzene rings is 1. The van der Waals surface area contributed by atoms with Crippen molar-refractivity contribution in [2.45, 2.75) is 25.3 Å². The lowest BCUT2D eigenvalue weighted by atomic mass is 10.1. The fraction of sp³-hybridized carbons (Fsp3) is 0.438. The van der Waals surface area contributed by atoms with Crippen LogP contribution in [0.1, 0.15) is 40.0 Å². The third-order valence-corrected chi connectivity index (χ3v) is 3.65. The Bertz CT molecular complexity index is 580. The summed E-state index contributed by atoms with van der Waals surface area (Å²) in [6.07, 6.45) is 2.36. The zero-order valence-corrected chi connectivity index (χ0v) is 14.4. The van der Waals surface area contributed by atoms with Crippen molar-refractivity contribution in [3.05, 3.63) is 29.3 Å². The Kier molecular flexibility index (Phi) is 7.67. The molecule has 1 saturated heterocycles. The predicted molar refractivity (Wildman–Crippen MR) is 90.6 cm³/mol. The summed E-state index contributed by atoms with van der Waals surface area (Å²) in [4.78, 5) is 35.5. The van der Waals surface area contributed by atoms with E-state index in [1.807, 2.05) is 0 Å². The largest absolute Gasteiger partial charge is 0.465 e. The number of rotatable bonds is 5. The fourth-order valence-electron chi connectivity index (χ4n) is 2.54. The highest BCUT2D eigenvalue weighted by Crippen LogP contribution is 2.18. The molecular weight excluding hydrogens is 336 g/mol. The van der Waals surface area contributed by atoms with Gasteiger partial charge >= 0.3 is 11.9 Å². The van der Waals surface area contributed by atoms with Crippen LogP contribution in [-0.4, -0.2) is 44.7 Å². The van der Waals surface area contributed by atoms with Gasteiger partial charge in [0.05, 0.1) is 25.3 Å². The molecular formula is C16H21ClN2O5. The number of hydrogen-bond acceptors (Lipinski definition) is 6. The molecule has 1 heterocycles. The molecule has 1 aliphatic heterocycles. The van der Waals surface area contributed by atoms with Crippen molar-refractivity contribution in [1.82, 2.24) is 5.32 Å². The average molecular weight is 357 g/mol. The third-order valence-electron chi connectivity index (χ3n) is 3.65. The van der Waals surface area contributed by atoms with Crippen LogP contribution >= 0.6 is 12.4 Å². The summed E-state index contributed by atoms with van der Waals surface area (Å²) in [5.74, 6) is -1.37. The standard InChI is InChI=1S/C16H20N2O5.ClH/c1-22-15(20)10-6-11(16(21)23-2)8-13(7-10)18-14(19)9-12-4-3-5-17-12;/h6-8,12,17H,3-5,9H2,1-2H3,(H,18,19);1H. The van der Waals surface area contributed by atoms with Crippen LogP contribution in [0.2, 0.25) is 0 Å². The lowest BCUT2D eigenvalue weighted by Gasteiger charge is -2.12. The minimum absolute atomic E-state index is 0. The SMILES string of the molecule is COC(=O)c1cc(NC(=O)CC2CCCN2)cc(C(=O)OC)c1.Cl. The Labute approximate surface area is 146 Å². The van der Waals surface area contributed by atoms with Crippen LogP contribution in [0.15, 0.2) is 18.2 Å². The molecule has 7 nitrogen and oxygen atoms in total. The topological polar surface area (TPSA) is 93.7 Å². The summed E-state index contributed by atoms with van der Waals surface area (Å²) >= 11 is 0. The van der Waals surface area contributed by atoms with Gasteiger partial charge in [0.1, 0.15) is 0 Å². The molecule has 1 atom stereocenters. The van der Waals surface area contributed by atoms with Gasteiger partial charge in [-0.05, 0) is 37.6 Å². The van der Waals surface area contributed by atoms with Crippen LogP contribution in [0.4, 0.5) is 5.69 Å². The smallest absolute Gasteiger partial charge is 0.337 e. The van der Waals surface area contributed by atoms with Crippen molar-refractivity contribution in [3.63, 3.8) is 0 Å². The fourth-order valence-corrected chi connectivity index (χ4v) is 2.54. The number of ether oxygens (including phenoxy) is 2. The molecule has 1 aromatic carbocycles. The van der Waals surface area contributed by atoms with Crippen LogP contribution in [0.25, 0.3) is 0 Å². The second-order valence-electron chi connectivity index (χ2n) is 5.33. The van der Waals surface area contributed by atoms with E-state index in [9.17, 15) is 14.4 Å². The van der Waals surface area contributed by atoms with Crippen molar-refractivity contribution < 1.29 is 23.9 Å². The first-order valence-corrected chi connectivity index (χ1v) is 7.38. The number of anilines is 1. The van der Waals surface area contributed by atoms with Gasteiger partial charge in [-0.25, -0.2) is 9.59 Å². The Morgan fingerprint density at radius 3 is 2.17 bits per heavy atom. The summed E-state index contributed by atoms with van der Waals surface area (Å²) in [5, 5.41) is 5.95. The van der Waals surface area contributed by atoms with E-state index in [1.54, 1.807) is 0 Å². The van der Waals surface area contributed by atoms with E-state index in [2.05, 4.69) is 20.1 Å². The number of esters is 2. The van der Waals surface area contributed by atoms with Crippen LogP contribution in [0.3, 0.4) is 0 Å². The molecule has 1 amide bonds. The van der Waals surface area contributed by atoms with E-state index in [1.165, 1.54) is 32.4 Å². The summed E-state index contributed by atoms with van der Waals surface area (Å²) in [5.41, 5.74) is 0.700. The van der Waals surface area contributed by atoms with Crippen molar-refractivity contribution in [1.29, 1.82) is 0 Å². The second kappa shape index (κ2) is 9.24. The number of carbonyl (C=O) groups excluding carboxylic acids is 3. The van der Waals surface area contributed by atoms with Crippen LogP contribution < -0.4 is 10.6 Å². The van der Waals surface area contributed by atoms with Gasteiger partial charge in [-0.2, -0.15) is 0 Å². The van der Waals surface area contributed by atoms with E-state index >= 15 is 0 Å². The van der Waals surface area contributed by atoms with E-state index < -0.39 is 11.9 Å². The molecule has 0 radical (unpaired) electrons. The van der Waals surface area contributed by atoms with Gasteiger partial charge in [-0.15, -0.1) is 12.4 Å². The highest BCUT2D eigenvalue weighted by atomic mass is 35.5. The van der Waals surface area contributed by atoms with Crippen molar-refractivity contribution in [3.8, 4) is 0 Å². The molecule has 0 saturated carbocycles. The van der Waals surface area contributed by atoms with Crippen LogP contribution in [0, 0.1) is 0 Å². The summed E-state index contributed by atoms with van der Waals surface area (Å²) in [6, 6.07) is 4.47. The molecule has 24 heavy (non-hydrogen) atoms. The van der Waals surface area contributed by atoms with E-state index in [0.717, 1.165) is 19.4 Å². The molecule has 8 heteroatoms. The molecule has 0 aliphatic carbocycles. The van der Waals surface area contributed by atoms with Crippen LogP contribution in [0.5, 0.6) is 0 Å². The lowest BCUT2D eigenvalue weighted by Crippen LogP contribution is -2.27. The molecule has 2 N–H and O–H groups in total. The molecule has 1 aromatic rings. The monoisotopic (exact) mass is 356 g/mol. The first-order chi connectivity index (χ1) is 11.0. The maximum Gasteiger partial charge on any atom is 0.337 e. The van der Waals surface area contributed by atoms with Crippen molar-refractivity contribution >= 4 is 35.9 Å². The normalized spacial score (nSPS) is 16.0. The van der Waals surface area contributed by atoms with Gasteiger partial charge in [0.15, 0.2) is 0 Å². The highest BCUT2D eigenvalue weighted by molar-refractivity contribution is 5.99. The zero-order chi connectivity index (χ0) is 16.8. The average Bonchev–Trinajstić information content (AvgIpc) is 3.05. The molecule has 0 bridgehead atoms. The third kappa shape index (κ3) is 5.21. The molecule has 1 fully saturated rings. The first kappa shape index (κ1) is 19.9. The van der Waals surface area contributed by atoms with Crippen molar-refractivity contribution in [2.24, 2.45) is 0 Å². The molecule has 1 unspecified atom stereocenters. The number of halogens is 1. The van der Waals surface area contributed by atoms with Gasteiger partial charge in [0.25, 0.3) is 0 Å². The number of methoxy groups -OCH3 is 2. The summed E-state index contributed by atoms with van der Waals surface area (Å²) in [6.45, 7) is 0.919. The van der Waals surface area contributed by atoms with Gasteiger partial charge in [0.2, 0.25) is 5.91 Å². The number of amides is 1. The first-order valence-electron chi connectivity index (χ1n) is 7.38.